The van der Waals surface area contributed by atoms with Crippen LogP contribution in [0.1, 0.15) is 17.2 Å². The second-order valence-corrected chi connectivity index (χ2v) is 5.11. The SMILES string of the molecule is Cn1ncc(C(O)c2cccc3ccsc23)c1N. The molecule has 3 rings (SSSR count). The summed E-state index contributed by atoms with van der Waals surface area (Å²) in [6, 6.07) is 7.95. The number of aryl methyl sites for hydroxylation is 1. The van der Waals surface area contributed by atoms with Gasteiger partial charge in [0.2, 0.25) is 0 Å². The van der Waals surface area contributed by atoms with Gasteiger partial charge >= 0.3 is 0 Å². The molecule has 0 saturated heterocycles. The van der Waals surface area contributed by atoms with Crippen molar-refractivity contribution in [3.63, 3.8) is 0 Å². The average molecular weight is 259 g/mol. The number of benzene rings is 1. The van der Waals surface area contributed by atoms with Crippen molar-refractivity contribution in [2.45, 2.75) is 6.10 Å². The van der Waals surface area contributed by atoms with Crippen LogP contribution >= 0.6 is 11.3 Å². The summed E-state index contributed by atoms with van der Waals surface area (Å²) in [5.41, 5.74) is 7.43. The fourth-order valence-corrected chi connectivity index (χ4v) is 3.01. The molecule has 92 valence electrons. The number of fused-ring (bicyclic) bond motifs is 1. The summed E-state index contributed by atoms with van der Waals surface area (Å²) in [5.74, 6) is 0.496. The molecule has 1 aromatic carbocycles. The van der Waals surface area contributed by atoms with Crippen LogP contribution in [0, 0.1) is 0 Å². The lowest BCUT2D eigenvalue weighted by molar-refractivity contribution is 0.223. The van der Waals surface area contributed by atoms with Gasteiger partial charge in [0.1, 0.15) is 11.9 Å². The molecule has 0 saturated carbocycles. The van der Waals surface area contributed by atoms with E-state index >= 15 is 0 Å². The van der Waals surface area contributed by atoms with Crippen molar-refractivity contribution in [2.75, 3.05) is 5.73 Å². The average Bonchev–Trinajstić information content (AvgIpc) is 2.96. The molecule has 5 heteroatoms. The van der Waals surface area contributed by atoms with Gasteiger partial charge in [-0.25, -0.2) is 0 Å². The van der Waals surface area contributed by atoms with Crippen LogP contribution in [0.3, 0.4) is 0 Å². The molecule has 0 spiro atoms. The Morgan fingerprint density at radius 1 is 1.33 bits per heavy atom. The number of nitrogens with zero attached hydrogens (tertiary/aromatic N) is 2. The molecule has 0 bridgehead atoms. The molecule has 0 fully saturated rings. The Morgan fingerprint density at radius 2 is 2.17 bits per heavy atom. The van der Waals surface area contributed by atoms with Crippen molar-refractivity contribution in [1.29, 1.82) is 0 Å². The Labute approximate surface area is 108 Å². The van der Waals surface area contributed by atoms with Gasteiger partial charge in [-0.15, -0.1) is 11.3 Å². The second-order valence-electron chi connectivity index (χ2n) is 4.20. The van der Waals surface area contributed by atoms with Crippen molar-refractivity contribution in [3.8, 4) is 0 Å². The molecule has 3 N–H and O–H groups in total. The van der Waals surface area contributed by atoms with E-state index in [9.17, 15) is 5.11 Å². The van der Waals surface area contributed by atoms with E-state index < -0.39 is 6.10 Å². The number of hydrogen-bond donors (Lipinski definition) is 2. The molecule has 0 radical (unpaired) electrons. The predicted octanol–water partition coefficient (Wildman–Crippen LogP) is 2.30. The van der Waals surface area contributed by atoms with Crippen molar-refractivity contribution >= 4 is 27.2 Å². The van der Waals surface area contributed by atoms with Gasteiger partial charge in [0.05, 0.1) is 6.20 Å². The number of aromatic nitrogens is 2. The van der Waals surface area contributed by atoms with Crippen molar-refractivity contribution in [3.05, 3.63) is 47.0 Å². The molecule has 1 atom stereocenters. The Hall–Kier alpha value is -1.85. The maximum absolute atomic E-state index is 10.5. The zero-order chi connectivity index (χ0) is 12.7. The van der Waals surface area contributed by atoms with Crippen LogP contribution in [0.25, 0.3) is 10.1 Å². The van der Waals surface area contributed by atoms with Gasteiger partial charge in [-0.2, -0.15) is 5.10 Å². The first-order valence-corrected chi connectivity index (χ1v) is 6.48. The van der Waals surface area contributed by atoms with Crippen LogP contribution in [0.15, 0.2) is 35.8 Å². The monoisotopic (exact) mass is 259 g/mol. The molecule has 0 aliphatic heterocycles. The van der Waals surface area contributed by atoms with E-state index in [1.165, 1.54) is 0 Å². The van der Waals surface area contributed by atoms with E-state index in [1.807, 2.05) is 29.6 Å². The molecule has 2 heterocycles. The van der Waals surface area contributed by atoms with Crippen LogP contribution in [0.2, 0.25) is 0 Å². The molecular formula is C13H13N3OS. The van der Waals surface area contributed by atoms with Crippen molar-refractivity contribution < 1.29 is 5.11 Å². The number of thiophene rings is 1. The van der Waals surface area contributed by atoms with Crippen LogP contribution in [-0.2, 0) is 7.05 Å². The topological polar surface area (TPSA) is 64.1 Å². The fraction of sp³-hybridized carbons (Fsp3) is 0.154. The molecule has 0 aliphatic carbocycles. The lowest BCUT2D eigenvalue weighted by Gasteiger charge is -2.11. The predicted molar refractivity (Wildman–Crippen MR) is 73.5 cm³/mol. The van der Waals surface area contributed by atoms with Gasteiger partial charge in [-0.3, -0.25) is 4.68 Å². The van der Waals surface area contributed by atoms with Gasteiger partial charge in [-0.1, -0.05) is 18.2 Å². The summed E-state index contributed by atoms with van der Waals surface area (Å²) in [5, 5.41) is 17.7. The minimum Gasteiger partial charge on any atom is -0.384 e. The van der Waals surface area contributed by atoms with Crippen LogP contribution < -0.4 is 5.73 Å². The van der Waals surface area contributed by atoms with E-state index in [2.05, 4.69) is 5.10 Å². The molecule has 2 aromatic heterocycles. The summed E-state index contributed by atoms with van der Waals surface area (Å²) in [7, 11) is 1.76. The summed E-state index contributed by atoms with van der Waals surface area (Å²) in [6.45, 7) is 0. The van der Waals surface area contributed by atoms with Gasteiger partial charge < -0.3 is 10.8 Å². The molecule has 1 unspecified atom stereocenters. The summed E-state index contributed by atoms with van der Waals surface area (Å²) in [4.78, 5) is 0. The Bertz CT molecular complexity index is 701. The van der Waals surface area contributed by atoms with Crippen LogP contribution in [0.4, 0.5) is 5.82 Å². The largest absolute Gasteiger partial charge is 0.384 e. The molecule has 0 amide bonds. The molecule has 0 aliphatic rings. The van der Waals surface area contributed by atoms with Gasteiger partial charge in [0.25, 0.3) is 0 Å². The van der Waals surface area contributed by atoms with E-state index in [0.29, 0.717) is 11.4 Å². The van der Waals surface area contributed by atoms with E-state index in [1.54, 1.807) is 29.3 Å². The highest BCUT2D eigenvalue weighted by Crippen LogP contribution is 2.33. The first kappa shape index (κ1) is 11.3. The number of aliphatic hydroxyl groups is 1. The Balaban J connectivity index is 2.14. The molecular weight excluding hydrogens is 246 g/mol. The lowest BCUT2D eigenvalue weighted by atomic mass is 10.0. The summed E-state index contributed by atoms with van der Waals surface area (Å²) >= 11 is 1.62. The van der Waals surface area contributed by atoms with Crippen LogP contribution in [0.5, 0.6) is 0 Å². The highest BCUT2D eigenvalue weighted by Gasteiger charge is 2.19. The molecule has 4 nitrogen and oxygen atoms in total. The number of aliphatic hydroxyl groups excluding tert-OH is 1. The van der Waals surface area contributed by atoms with Gasteiger partial charge in [0.15, 0.2) is 0 Å². The zero-order valence-corrected chi connectivity index (χ0v) is 10.7. The number of rotatable bonds is 2. The van der Waals surface area contributed by atoms with Crippen molar-refractivity contribution in [1.82, 2.24) is 9.78 Å². The maximum Gasteiger partial charge on any atom is 0.127 e. The minimum atomic E-state index is -0.735. The number of nitrogens with two attached hydrogens (primary N) is 1. The minimum absolute atomic E-state index is 0.496. The third kappa shape index (κ3) is 1.60. The standard InChI is InChI=1S/C13H13N3OS/c1-16-13(14)10(7-15-16)11(17)9-4-2-3-8-5-6-18-12(8)9/h2-7,11,17H,14H2,1H3. The first-order valence-electron chi connectivity index (χ1n) is 5.60. The second kappa shape index (κ2) is 4.12. The van der Waals surface area contributed by atoms with Gasteiger partial charge in [0, 0.05) is 22.9 Å². The van der Waals surface area contributed by atoms with E-state index in [0.717, 1.165) is 15.6 Å². The Kier molecular flexibility index (Phi) is 2.57. The smallest absolute Gasteiger partial charge is 0.127 e. The number of anilines is 1. The molecule has 3 aromatic rings. The lowest BCUT2D eigenvalue weighted by Crippen LogP contribution is -2.04. The maximum atomic E-state index is 10.5. The van der Waals surface area contributed by atoms with Gasteiger partial charge in [-0.05, 0) is 16.8 Å². The first-order chi connectivity index (χ1) is 8.68. The number of nitrogen functional groups attached to an aromatic ring is 1. The Morgan fingerprint density at radius 3 is 2.89 bits per heavy atom. The fourth-order valence-electron chi connectivity index (χ4n) is 2.07. The normalized spacial score (nSPS) is 13.0. The third-order valence-corrected chi connectivity index (χ3v) is 4.09. The highest BCUT2D eigenvalue weighted by molar-refractivity contribution is 7.17. The van der Waals surface area contributed by atoms with E-state index in [4.69, 9.17) is 5.73 Å². The van der Waals surface area contributed by atoms with E-state index in [-0.39, 0.29) is 0 Å². The zero-order valence-electron chi connectivity index (χ0n) is 9.87. The molecule has 18 heavy (non-hydrogen) atoms. The highest BCUT2D eigenvalue weighted by atomic mass is 32.1. The number of hydrogen-bond acceptors (Lipinski definition) is 4. The quantitative estimate of drug-likeness (QED) is 0.742. The summed E-state index contributed by atoms with van der Waals surface area (Å²) < 4.78 is 2.65. The third-order valence-electron chi connectivity index (χ3n) is 3.11. The van der Waals surface area contributed by atoms with Crippen LogP contribution in [-0.4, -0.2) is 14.9 Å². The van der Waals surface area contributed by atoms with Crippen molar-refractivity contribution in [2.24, 2.45) is 7.05 Å². The summed E-state index contributed by atoms with van der Waals surface area (Å²) in [6.07, 6.45) is 0.882.